The van der Waals surface area contributed by atoms with Crippen LogP contribution in [0.15, 0.2) is 59.1 Å². The molecule has 4 rings (SSSR count). The number of nitrogens with one attached hydrogen (secondary N) is 2. The van der Waals surface area contributed by atoms with Crippen LogP contribution in [0, 0.1) is 5.82 Å². The highest BCUT2D eigenvalue weighted by Gasteiger charge is 2.36. The van der Waals surface area contributed by atoms with E-state index in [1.54, 1.807) is 0 Å². The highest BCUT2D eigenvalue weighted by atomic mass is 79.9. The number of carbonyl (C=O) groups excluding carboxylic acids is 2. The average molecular weight is 542 g/mol. The summed E-state index contributed by atoms with van der Waals surface area (Å²) >= 11 is 9.50. The van der Waals surface area contributed by atoms with Crippen LogP contribution in [0.25, 0.3) is 0 Å². The van der Waals surface area contributed by atoms with Crippen LogP contribution in [-0.4, -0.2) is 11.8 Å². The number of fused-ring (bicyclic) bond motifs is 1. The summed E-state index contributed by atoms with van der Waals surface area (Å²) in [5.74, 6) is -1.74. The maximum atomic E-state index is 13.9. The fourth-order valence-electron chi connectivity index (χ4n) is 3.79. The van der Waals surface area contributed by atoms with Gasteiger partial charge in [0.25, 0.3) is 5.91 Å². The van der Waals surface area contributed by atoms with E-state index in [1.807, 2.05) is 0 Å². The average Bonchev–Trinajstić information content (AvgIpc) is 3.05. The molecule has 3 aromatic carbocycles. The lowest BCUT2D eigenvalue weighted by atomic mass is 9.96. The Balaban J connectivity index is 1.71. The molecule has 10 heteroatoms. The molecule has 1 unspecified atom stereocenters. The van der Waals surface area contributed by atoms with Crippen LogP contribution in [0.4, 0.5) is 23.2 Å². The van der Waals surface area contributed by atoms with Crippen LogP contribution >= 0.6 is 27.5 Å². The Morgan fingerprint density at radius 1 is 1.12 bits per heavy atom. The summed E-state index contributed by atoms with van der Waals surface area (Å²) in [6.07, 6.45) is -5.15. The molecular weight excluding hydrogens is 528 g/mol. The number of amides is 2. The molecule has 0 aliphatic carbocycles. The molecule has 0 aromatic heterocycles. The number of halogens is 6. The topological polar surface area (TPSA) is 58.2 Å². The molecule has 1 atom stereocenters. The van der Waals surface area contributed by atoms with Gasteiger partial charge in [0.05, 0.1) is 18.0 Å². The summed E-state index contributed by atoms with van der Waals surface area (Å²) in [6.45, 7) is 0. The number of benzene rings is 3. The number of rotatable bonds is 4. The van der Waals surface area contributed by atoms with Crippen LogP contribution < -0.4 is 10.6 Å². The van der Waals surface area contributed by atoms with Crippen molar-refractivity contribution in [3.63, 3.8) is 0 Å². The Hall–Kier alpha value is -2.91. The van der Waals surface area contributed by atoms with E-state index in [1.165, 1.54) is 48.5 Å². The molecule has 0 spiro atoms. The molecule has 1 heterocycles. The van der Waals surface area contributed by atoms with Gasteiger partial charge >= 0.3 is 6.18 Å². The van der Waals surface area contributed by atoms with Crippen LogP contribution in [0.1, 0.15) is 38.7 Å². The minimum Gasteiger partial charge on any atom is -0.341 e. The van der Waals surface area contributed by atoms with Gasteiger partial charge in [0, 0.05) is 31.9 Å². The lowest BCUT2D eigenvalue weighted by Gasteiger charge is -2.19. The van der Waals surface area contributed by atoms with Crippen LogP contribution in [0.5, 0.6) is 0 Å². The lowest BCUT2D eigenvalue weighted by molar-refractivity contribution is -0.138. The first kappa shape index (κ1) is 23.3. The molecule has 2 amide bonds. The summed E-state index contributed by atoms with van der Waals surface area (Å²) in [5, 5.41) is 5.51. The number of anilines is 1. The summed E-state index contributed by atoms with van der Waals surface area (Å²) in [4.78, 5) is 25.3. The molecule has 1 aliphatic rings. The van der Waals surface area contributed by atoms with E-state index in [0.717, 1.165) is 6.07 Å². The third-order valence-electron chi connectivity index (χ3n) is 5.17. The van der Waals surface area contributed by atoms with E-state index in [0.29, 0.717) is 10.0 Å². The third kappa shape index (κ3) is 4.74. The van der Waals surface area contributed by atoms with Crippen LogP contribution in [0.3, 0.4) is 0 Å². The first-order chi connectivity index (χ1) is 15.5. The van der Waals surface area contributed by atoms with Gasteiger partial charge in [-0.1, -0.05) is 45.7 Å². The second-order valence-electron chi connectivity index (χ2n) is 7.37. The normalized spacial score (nSPS) is 15.2. The van der Waals surface area contributed by atoms with Gasteiger partial charge in [0.2, 0.25) is 5.91 Å². The largest absolute Gasteiger partial charge is 0.416 e. The quantitative estimate of drug-likeness (QED) is 0.382. The zero-order valence-electron chi connectivity index (χ0n) is 16.6. The summed E-state index contributed by atoms with van der Waals surface area (Å²) in [7, 11) is 0. The zero-order chi connectivity index (χ0) is 23.9. The second-order valence-corrected chi connectivity index (χ2v) is 8.69. The van der Waals surface area contributed by atoms with Gasteiger partial charge in [-0.15, -0.1) is 0 Å². The van der Waals surface area contributed by atoms with Gasteiger partial charge in [-0.2, -0.15) is 13.2 Å². The van der Waals surface area contributed by atoms with Crippen molar-refractivity contribution in [3.05, 3.63) is 97.7 Å². The molecule has 0 saturated carbocycles. The first-order valence-corrected chi connectivity index (χ1v) is 10.8. The first-order valence-electron chi connectivity index (χ1n) is 9.59. The predicted octanol–water partition coefficient (Wildman–Crippen LogP) is 6.27. The standard InChI is InChI=1S/C23H14BrClF4N2O2/c24-12-8-15-20(21(31-22(15)33)14-10-13(26)5-6-17(14)25)18(9-12)30-19(32)7-11-3-1-2-4-16(11)23(27,28)29/h1-6,8-10,21H,7H2,(H,30,32)(H,31,33). The van der Waals surface area contributed by atoms with Crippen molar-refractivity contribution in [1.29, 1.82) is 0 Å². The van der Waals surface area contributed by atoms with Gasteiger partial charge in [-0.3, -0.25) is 9.59 Å². The molecule has 3 aromatic rings. The van der Waals surface area contributed by atoms with E-state index >= 15 is 0 Å². The molecule has 2 N–H and O–H groups in total. The van der Waals surface area contributed by atoms with Gasteiger partial charge in [-0.05, 0) is 42.0 Å². The van der Waals surface area contributed by atoms with Crippen molar-refractivity contribution >= 4 is 45.0 Å². The summed E-state index contributed by atoms with van der Waals surface area (Å²) in [5.41, 5.74) is -0.0515. The Labute approximate surface area is 199 Å². The van der Waals surface area contributed by atoms with E-state index in [9.17, 15) is 27.2 Å². The highest BCUT2D eigenvalue weighted by Crippen LogP contribution is 2.41. The van der Waals surface area contributed by atoms with Crippen molar-refractivity contribution in [3.8, 4) is 0 Å². The van der Waals surface area contributed by atoms with Crippen LogP contribution in [0.2, 0.25) is 5.02 Å². The van der Waals surface area contributed by atoms with Gasteiger partial charge < -0.3 is 10.6 Å². The van der Waals surface area contributed by atoms with E-state index in [-0.39, 0.29) is 27.4 Å². The monoisotopic (exact) mass is 540 g/mol. The Morgan fingerprint density at radius 3 is 2.58 bits per heavy atom. The lowest BCUT2D eigenvalue weighted by Crippen LogP contribution is -2.22. The van der Waals surface area contributed by atoms with Gasteiger partial charge in [0.15, 0.2) is 0 Å². The molecule has 170 valence electrons. The molecule has 0 saturated heterocycles. The Morgan fingerprint density at radius 2 is 1.85 bits per heavy atom. The molecular formula is C23H14BrClF4N2O2. The molecule has 33 heavy (non-hydrogen) atoms. The van der Waals surface area contributed by atoms with E-state index in [4.69, 9.17) is 11.6 Å². The fraction of sp³-hybridized carbons (Fsp3) is 0.130. The van der Waals surface area contributed by atoms with Gasteiger partial charge in [-0.25, -0.2) is 4.39 Å². The number of hydrogen-bond acceptors (Lipinski definition) is 2. The third-order valence-corrected chi connectivity index (χ3v) is 5.97. The number of hydrogen-bond donors (Lipinski definition) is 2. The van der Waals surface area contributed by atoms with Crippen LogP contribution in [-0.2, 0) is 17.4 Å². The maximum absolute atomic E-state index is 13.9. The molecule has 1 aliphatic heterocycles. The van der Waals surface area contributed by atoms with Crippen molar-refractivity contribution in [2.24, 2.45) is 0 Å². The minimum absolute atomic E-state index is 0.187. The van der Waals surface area contributed by atoms with Crippen molar-refractivity contribution in [2.45, 2.75) is 18.6 Å². The zero-order valence-corrected chi connectivity index (χ0v) is 18.9. The molecule has 0 bridgehead atoms. The number of carbonyl (C=O) groups is 2. The molecule has 4 nitrogen and oxygen atoms in total. The van der Waals surface area contributed by atoms with E-state index < -0.39 is 41.8 Å². The SMILES string of the molecule is O=C(Cc1ccccc1C(F)(F)F)Nc1cc(Br)cc2c1C(c1cc(F)ccc1Cl)NC2=O. The summed E-state index contributed by atoms with van der Waals surface area (Å²) < 4.78 is 54.2. The Kier molecular flexibility index (Phi) is 6.20. The van der Waals surface area contributed by atoms with Gasteiger partial charge in [0.1, 0.15) is 5.82 Å². The maximum Gasteiger partial charge on any atom is 0.416 e. The number of alkyl halides is 3. The van der Waals surface area contributed by atoms with Crippen molar-refractivity contribution in [1.82, 2.24) is 5.32 Å². The smallest absolute Gasteiger partial charge is 0.341 e. The Bertz CT molecular complexity index is 1280. The minimum atomic E-state index is -4.61. The molecule has 0 fully saturated rings. The highest BCUT2D eigenvalue weighted by molar-refractivity contribution is 9.10. The van der Waals surface area contributed by atoms with Crippen molar-refractivity contribution in [2.75, 3.05) is 5.32 Å². The van der Waals surface area contributed by atoms with E-state index in [2.05, 4.69) is 26.6 Å². The predicted molar refractivity (Wildman–Crippen MR) is 119 cm³/mol. The molecule has 0 radical (unpaired) electrons. The van der Waals surface area contributed by atoms with Crippen molar-refractivity contribution < 1.29 is 27.2 Å². The summed E-state index contributed by atoms with van der Waals surface area (Å²) in [6, 6.07) is 10.7. The fourth-order valence-corrected chi connectivity index (χ4v) is 4.47. The second kappa shape index (κ2) is 8.79.